The van der Waals surface area contributed by atoms with Crippen LogP contribution >= 0.6 is 0 Å². The first-order valence-corrected chi connectivity index (χ1v) is 12.6. The zero-order chi connectivity index (χ0) is 28.1. The number of ether oxygens (including phenoxy) is 1. The van der Waals surface area contributed by atoms with Gasteiger partial charge in [0, 0.05) is 16.8 Å². The van der Waals surface area contributed by atoms with E-state index in [1.807, 2.05) is 52.8 Å². The molecule has 0 aliphatic rings. The number of para-hydroxylation sites is 2. The zero-order valence-corrected chi connectivity index (χ0v) is 23.4. The van der Waals surface area contributed by atoms with E-state index >= 15 is 0 Å². The molecule has 2 aromatic rings. The quantitative estimate of drug-likeness (QED) is 0.426. The highest BCUT2D eigenvalue weighted by Gasteiger charge is 2.43. The zero-order valence-electron chi connectivity index (χ0n) is 23.4. The molecule has 0 aromatic heterocycles. The summed E-state index contributed by atoms with van der Waals surface area (Å²) in [5, 5.41) is 16.4. The van der Waals surface area contributed by atoms with Gasteiger partial charge in [-0.2, -0.15) is 0 Å². The van der Waals surface area contributed by atoms with Crippen molar-refractivity contribution in [3.05, 3.63) is 59.2 Å². The molecule has 0 aliphatic carbocycles. The Hall–Kier alpha value is -3.55. The lowest BCUT2D eigenvalue weighted by Gasteiger charge is -2.44. The summed E-state index contributed by atoms with van der Waals surface area (Å²) in [7, 11) is 0. The van der Waals surface area contributed by atoms with E-state index in [-0.39, 0.29) is 11.3 Å². The minimum absolute atomic E-state index is 0.110. The van der Waals surface area contributed by atoms with Crippen molar-refractivity contribution in [2.24, 2.45) is 0 Å². The Labute approximate surface area is 220 Å². The average molecular weight is 512 g/mol. The maximum Gasteiger partial charge on any atom is 0.408 e. The second kappa shape index (κ2) is 11.7. The predicted octanol–water partition coefficient (Wildman–Crippen LogP) is 5.62. The van der Waals surface area contributed by atoms with Gasteiger partial charge in [0.15, 0.2) is 0 Å². The van der Waals surface area contributed by atoms with Crippen LogP contribution in [0.15, 0.2) is 42.5 Å². The third-order valence-electron chi connectivity index (χ3n) is 6.33. The molecule has 0 heterocycles. The third kappa shape index (κ3) is 7.47. The monoisotopic (exact) mass is 511 g/mol. The second-order valence-electron chi connectivity index (χ2n) is 11.0. The maximum absolute atomic E-state index is 14.0. The molecule has 0 fully saturated rings. The number of phenolic OH excluding ortho intramolecular Hbond substituents is 1. The fraction of sp³-hybridized carbons (Fsp3) is 0.483. The number of carbonyl (C=O) groups excluding carboxylic acids is 3. The number of hydrogen-bond acceptors (Lipinski definition) is 5. The van der Waals surface area contributed by atoms with Crippen LogP contribution in [-0.2, 0) is 14.3 Å². The molecule has 3 amide bonds. The van der Waals surface area contributed by atoms with Crippen molar-refractivity contribution in [3.8, 4) is 5.75 Å². The Morgan fingerprint density at radius 2 is 1.54 bits per heavy atom. The molecule has 37 heavy (non-hydrogen) atoms. The van der Waals surface area contributed by atoms with Crippen LogP contribution in [0.2, 0.25) is 0 Å². The number of aryl methyl sites for hydroxylation is 2. The second-order valence-corrected chi connectivity index (χ2v) is 11.0. The van der Waals surface area contributed by atoms with Gasteiger partial charge in [-0.1, -0.05) is 43.3 Å². The fourth-order valence-corrected chi connectivity index (χ4v) is 4.02. The Morgan fingerprint density at radius 3 is 2.05 bits per heavy atom. The summed E-state index contributed by atoms with van der Waals surface area (Å²) in [5.41, 5.74) is 1.12. The number of nitrogens with zero attached hydrogens (tertiary/aromatic N) is 1. The van der Waals surface area contributed by atoms with Crippen molar-refractivity contribution in [1.82, 2.24) is 10.2 Å². The lowest BCUT2D eigenvalue weighted by molar-refractivity contribution is -0.147. The highest BCUT2D eigenvalue weighted by molar-refractivity contribution is 6.00. The average Bonchev–Trinajstić information content (AvgIpc) is 2.78. The Bertz CT molecular complexity index is 1120. The van der Waals surface area contributed by atoms with Gasteiger partial charge in [-0.25, -0.2) is 4.79 Å². The van der Waals surface area contributed by atoms with E-state index in [0.29, 0.717) is 12.1 Å². The molecule has 2 aromatic carbocycles. The van der Waals surface area contributed by atoms with Gasteiger partial charge in [0.25, 0.3) is 5.91 Å². The molecule has 0 saturated carbocycles. The van der Waals surface area contributed by atoms with E-state index in [1.165, 1.54) is 11.0 Å². The minimum Gasteiger partial charge on any atom is -0.508 e. The van der Waals surface area contributed by atoms with Crippen LogP contribution in [0.4, 0.5) is 10.5 Å². The Morgan fingerprint density at radius 1 is 0.973 bits per heavy atom. The first-order valence-electron chi connectivity index (χ1n) is 12.6. The number of aromatic hydroxyl groups is 1. The summed E-state index contributed by atoms with van der Waals surface area (Å²) in [6.07, 6.45) is -0.222. The number of carbonyl (C=O) groups is 3. The largest absolute Gasteiger partial charge is 0.508 e. The van der Waals surface area contributed by atoms with Gasteiger partial charge in [-0.05, 0) is 79.0 Å². The normalized spacial score (nSPS) is 13.3. The first kappa shape index (κ1) is 29.7. The fourth-order valence-electron chi connectivity index (χ4n) is 4.02. The highest BCUT2D eigenvalue weighted by atomic mass is 16.6. The molecular formula is C29H41N3O5. The topological polar surface area (TPSA) is 108 Å². The summed E-state index contributed by atoms with van der Waals surface area (Å²) in [4.78, 5) is 41.8. The van der Waals surface area contributed by atoms with Crippen molar-refractivity contribution >= 4 is 23.6 Å². The van der Waals surface area contributed by atoms with Gasteiger partial charge < -0.3 is 25.4 Å². The number of anilines is 1. The molecule has 0 spiro atoms. The number of rotatable bonds is 8. The molecule has 0 bridgehead atoms. The molecule has 0 radical (unpaired) electrons. The van der Waals surface area contributed by atoms with Crippen LogP contribution < -0.4 is 10.6 Å². The van der Waals surface area contributed by atoms with Crippen LogP contribution in [-0.4, -0.2) is 45.1 Å². The minimum atomic E-state index is -1.18. The lowest BCUT2D eigenvalue weighted by Crippen LogP contribution is -2.58. The van der Waals surface area contributed by atoms with Crippen LogP contribution in [0.3, 0.4) is 0 Å². The molecule has 2 unspecified atom stereocenters. The summed E-state index contributed by atoms with van der Waals surface area (Å²) in [6.45, 7) is 16.2. The van der Waals surface area contributed by atoms with E-state index in [1.54, 1.807) is 45.9 Å². The molecule has 2 rings (SSSR count). The molecule has 8 nitrogen and oxygen atoms in total. The van der Waals surface area contributed by atoms with Gasteiger partial charge in [0.1, 0.15) is 23.4 Å². The Balaban J connectivity index is 2.59. The van der Waals surface area contributed by atoms with E-state index in [0.717, 1.165) is 11.1 Å². The van der Waals surface area contributed by atoms with Crippen LogP contribution in [0.1, 0.15) is 77.6 Å². The smallest absolute Gasteiger partial charge is 0.408 e. The van der Waals surface area contributed by atoms with E-state index in [9.17, 15) is 19.5 Å². The van der Waals surface area contributed by atoms with E-state index in [4.69, 9.17) is 4.74 Å². The molecular weight excluding hydrogens is 470 g/mol. The van der Waals surface area contributed by atoms with Crippen LogP contribution in [0, 0.1) is 13.8 Å². The molecule has 2 atom stereocenters. The summed E-state index contributed by atoms with van der Waals surface area (Å²) in [5.74, 6) is -1.07. The number of nitrogens with one attached hydrogen (secondary N) is 2. The molecule has 202 valence electrons. The number of benzene rings is 2. The number of amides is 3. The van der Waals surface area contributed by atoms with Gasteiger partial charge in [0.2, 0.25) is 5.91 Å². The molecule has 0 aliphatic heterocycles. The van der Waals surface area contributed by atoms with Crippen molar-refractivity contribution in [2.75, 3.05) is 5.32 Å². The van der Waals surface area contributed by atoms with Gasteiger partial charge >= 0.3 is 6.09 Å². The SMILES string of the molecule is CCC(C)(C)N(C(=O)C(C)NC(=O)OC(C)(C)C)C(C(=O)Nc1c(C)cccc1C)c1ccccc1O. The summed E-state index contributed by atoms with van der Waals surface area (Å²) in [6, 6.07) is 9.99. The Kier molecular flexibility index (Phi) is 9.36. The van der Waals surface area contributed by atoms with Crippen molar-refractivity contribution in [3.63, 3.8) is 0 Å². The highest BCUT2D eigenvalue weighted by Crippen LogP contribution is 2.37. The standard InChI is InChI=1S/C29H41N3O5/c1-10-29(8,9)32(26(35)20(4)30-27(36)37-28(5,6)7)24(21-16-11-12-17-22(21)33)25(34)31-23-18(2)14-13-15-19(23)3/h11-17,20,24,33H,10H2,1-9H3,(H,30,36)(H,31,34). The van der Waals surface area contributed by atoms with Gasteiger partial charge in [0.05, 0.1) is 0 Å². The number of hydrogen-bond donors (Lipinski definition) is 3. The van der Waals surface area contributed by atoms with Gasteiger partial charge in [-0.3, -0.25) is 9.59 Å². The first-order chi connectivity index (χ1) is 17.1. The predicted molar refractivity (Wildman–Crippen MR) is 145 cm³/mol. The van der Waals surface area contributed by atoms with Crippen molar-refractivity contribution in [2.45, 2.75) is 92.0 Å². The molecule has 8 heteroatoms. The molecule has 3 N–H and O–H groups in total. The molecule has 0 saturated heterocycles. The lowest BCUT2D eigenvalue weighted by atomic mass is 9.91. The summed E-state index contributed by atoms with van der Waals surface area (Å²) >= 11 is 0. The van der Waals surface area contributed by atoms with Crippen molar-refractivity contribution < 1.29 is 24.2 Å². The van der Waals surface area contributed by atoms with Gasteiger partial charge in [-0.15, -0.1) is 0 Å². The third-order valence-corrected chi connectivity index (χ3v) is 6.33. The van der Waals surface area contributed by atoms with E-state index in [2.05, 4.69) is 10.6 Å². The number of phenols is 1. The van der Waals surface area contributed by atoms with Crippen LogP contribution in [0.25, 0.3) is 0 Å². The maximum atomic E-state index is 14.0. The van der Waals surface area contributed by atoms with Crippen LogP contribution in [0.5, 0.6) is 5.75 Å². The van der Waals surface area contributed by atoms with Crippen molar-refractivity contribution in [1.29, 1.82) is 0 Å². The summed E-state index contributed by atoms with van der Waals surface area (Å²) < 4.78 is 5.33. The number of alkyl carbamates (subject to hydrolysis) is 1. The van der Waals surface area contributed by atoms with E-state index < -0.39 is 41.1 Å².